The van der Waals surface area contributed by atoms with Crippen LogP contribution in [-0.4, -0.2) is 10.6 Å². The molecule has 0 amide bonds. The molecule has 0 saturated carbocycles. The first-order valence-electron chi connectivity index (χ1n) is 8.29. The molecule has 3 heteroatoms. The van der Waals surface area contributed by atoms with Gasteiger partial charge in [0.05, 0.1) is 0 Å². The van der Waals surface area contributed by atoms with Gasteiger partial charge in [0.15, 0.2) is 0 Å². The van der Waals surface area contributed by atoms with Gasteiger partial charge in [0.1, 0.15) is 0 Å². The molecule has 0 fully saturated rings. The molecule has 2 nitrogen and oxygen atoms in total. The third-order valence-corrected chi connectivity index (χ3v) is 5.34. The van der Waals surface area contributed by atoms with Gasteiger partial charge in [-0.2, -0.15) is 0 Å². The molecule has 23 heavy (non-hydrogen) atoms. The highest BCUT2D eigenvalue weighted by atomic mass is 79.9. The zero-order valence-electron chi connectivity index (χ0n) is 13.3. The number of hydrogen-bond acceptors (Lipinski definition) is 1. The summed E-state index contributed by atoms with van der Waals surface area (Å²) in [7, 11) is 0. The Hall–Kier alpha value is -1.58. The SMILES string of the molecule is CC1Cc2c(c3cc(Br)ccc3n2CCc2ccccc2)CN1. The molecule has 0 aliphatic carbocycles. The van der Waals surface area contributed by atoms with Crippen molar-refractivity contribution in [2.75, 3.05) is 0 Å². The highest BCUT2D eigenvalue weighted by Crippen LogP contribution is 2.32. The van der Waals surface area contributed by atoms with Crippen LogP contribution in [0, 0.1) is 0 Å². The van der Waals surface area contributed by atoms with Crippen LogP contribution in [0.5, 0.6) is 0 Å². The number of hydrogen-bond donors (Lipinski definition) is 1. The van der Waals surface area contributed by atoms with Crippen LogP contribution in [0.25, 0.3) is 10.9 Å². The van der Waals surface area contributed by atoms with Crippen molar-refractivity contribution < 1.29 is 0 Å². The van der Waals surface area contributed by atoms with Crippen molar-refractivity contribution in [2.45, 2.75) is 38.9 Å². The number of aryl methyl sites for hydroxylation is 2. The van der Waals surface area contributed by atoms with Gasteiger partial charge in [0, 0.05) is 46.6 Å². The monoisotopic (exact) mass is 368 g/mol. The van der Waals surface area contributed by atoms with Gasteiger partial charge in [0.2, 0.25) is 0 Å². The first-order valence-corrected chi connectivity index (χ1v) is 9.08. The van der Waals surface area contributed by atoms with E-state index < -0.39 is 0 Å². The second-order valence-electron chi connectivity index (χ2n) is 6.46. The molecular weight excluding hydrogens is 348 g/mol. The number of nitrogens with zero attached hydrogens (tertiary/aromatic N) is 1. The van der Waals surface area contributed by atoms with Gasteiger partial charge in [-0.15, -0.1) is 0 Å². The van der Waals surface area contributed by atoms with E-state index in [0.29, 0.717) is 6.04 Å². The van der Waals surface area contributed by atoms with Gasteiger partial charge >= 0.3 is 0 Å². The minimum absolute atomic E-state index is 0.547. The average Bonchev–Trinajstić information content (AvgIpc) is 2.86. The summed E-state index contributed by atoms with van der Waals surface area (Å²) in [6.07, 6.45) is 2.19. The summed E-state index contributed by atoms with van der Waals surface area (Å²) in [6.45, 7) is 4.30. The fourth-order valence-corrected chi connectivity index (χ4v) is 4.02. The van der Waals surface area contributed by atoms with Crippen molar-refractivity contribution in [1.82, 2.24) is 9.88 Å². The van der Waals surface area contributed by atoms with Crippen molar-refractivity contribution >= 4 is 26.8 Å². The minimum Gasteiger partial charge on any atom is -0.344 e. The van der Waals surface area contributed by atoms with Crippen LogP contribution in [0.3, 0.4) is 0 Å². The third kappa shape index (κ3) is 2.84. The Morgan fingerprint density at radius 3 is 2.83 bits per heavy atom. The van der Waals surface area contributed by atoms with Gasteiger partial charge < -0.3 is 9.88 Å². The zero-order chi connectivity index (χ0) is 15.8. The molecule has 0 saturated heterocycles. The summed E-state index contributed by atoms with van der Waals surface area (Å²) in [5.74, 6) is 0. The Kier molecular flexibility index (Phi) is 4.00. The molecule has 2 heterocycles. The molecule has 118 valence electrons. The van der Waals surface area contributed by atoms with Crippen molar-refractivity contribution in [3.05, 3.63) is 69.8 Å². The maximum absolute atomic E-state index is 3.63. The summed E-state index contributed by atoms with van der Waals surface area (Å²) in [4.78, 5) is 0. The normalized spacial score (nSPS) is 17.4. The van der Waals surface area contributed by atoms with E-state index in [1.165, 1.54) is 27.7 Å². The van der Waals surface area contributed by atoms with Crippen molar-refractivity contribution in [3.8, 4) is 0 Å². The lowest BCUT2D eigenvalue weighted by Crippen LogP contribution is -2.33. The second kappa shape index (κ2) is 6.14. The van der Waals surface area contributed by atoms with Gasteiger partial charge in [-0.25, -0.2) is 0 Å². The molecule has 1 aromatic heterocycles. The Morgan fingerprint density at radius 2 is 2.00 bits per heavy atom. The number of fused-ring (bicyclic) bond motifs is 3. The summed E-state index contributed by atoms with van der Waals surface area (Å²) >= 11 is 3.63. The maximum Gasteiger partial charge on any atom is 0.0486 e. The van der Waals surface area contributed by atoms with Gasteiger partial charge in [-0.3, -0.25) is 0 Å². The van der Waals surface area contributed by atoms with Crippen molar-refractivity contribution in [2.24, 2.45) is 0 Å². The van der Waals surface area contributed by atoms with E-state index in [2.05, 4.69) is 81.3 Å². The highest BCUT2D eigenvalue weighted by Gasteiger charge is 2.22. The Labute approximate surface area is 145 Å². The van der Waals surface area contributed by atoms with E-state index in [4.69, 9.17) is 0 Å². The summed E-state index contributed by atoms with van der Waals surface area (Å²) in [5.41, 5.74) is 5.76. The molecule has 2 aromatic carbocycles. The lowest BCUT2D eigenvalue weighted by Gasteiger charge is -2.23. The van der Waals surface area contributed by atoms with E-state index in [-0.39, 0.29) is 0 Å². The molecule has 1 aliphatic rings. The number of nitrogens with one attached hydrogen (secondary N) is 1. The summed E-state index contributed by atoms with van der Waals surface area (Å²) in [5, 5.41) is 5.00. The van der Waals surface area contributed by atoms with E-state index in [0.717, 1.165) is 30.4 Å². The molecule has 3 aromatic rings. The predicted octanol–water partition coefficient (Wildman–Crippen LogP) is 4.68. The van der Waals surface area contributed by atoms with Gasteiger partial charge in [0.25, 0.3) is 0 Å². The van der Waals surface area contributed by atoms with Crippen LogP contribution in [0.4, 0.5) is 0 Å². The highest BCUT2D eigenvalue weighted by molar-refractivity contribution is 9.10. The quantitative estimate of drug-likeness (QED) is 0.709. The van der Waals surface area contributed by atoms with Crippen molar-refractivity contribution in [3.63, 3.8) is 0 Å². The smallest absolute Gasteiger partial charge is 0.0486 e. The lowest BCUT2D eigenvalue weighted by molar-refractivity contribution is 0.492. The first kappa shape index (κ1) is 15.0. The third-order valence-electron chi connectivity index (χ3n) is 4.84. The van der Waals surface area contributed by atoms with E-state index in [1.54, 1.807) is 0 Å². The largest absolute Gasteiger partial charge is 0.344 e. The Morgan fingerprint density at radius 1 is 1.17 bits per heavy atom. The Bertz CT molecular complexity index is 836. The van der Waals surface area contributed by atoms with Gasteiger partial charge in [-0.05, 0) is 42.7 Å². The minimum atomic E-state index is 0.547. The van der Waals surface area contributed by atoms with Crippen molar-refractivity contribution in [1.29, 1.82) is 0 Å². The Balaban J connectivity index is 1.77. The number of halogens is 1. The molecule has 1 atom stereocenters. The average molecular weight is 369 g/mol. The summed E-state index contributed by atoms with van der Waals surface area (Å²) in [6, 6.07) is 18.0. The molecule has 1 unspecified atom stereocenters. The number of benzene rings is 2. The molecule has 1 N–H and O–H groups in total. The van der Waals surface area contributed by atoms with Crippen LogP contribution < -0.4 is 5.32 Å². The maximum atomic E-state index is 3.63. The fourth-order valence-electron chi connectivity index (χ4n) is 3.66. The van der Waals surface area contributed by atoms with Gasteiger partial charge in [-0.1, -0.05) is 46.3 Å². The van der Waals surface area contributed by atoms with Crippen LogP contribution in [0.2, 0.25) is 0 Å². The molecule has 0 spiro atoms. The second-order valence-corrected chi connectivity index (χ2v) is 7.38. The topological polar surface area (TPSA) is 17.0 Å². The predicted molar refractivity (Wildman–Crippen MR) is 99.8 cm³/mol. The molecular formula is C20H21BrN2. The molecule has 0 radical (unpaired) electrons. The van der Waals surface area contributed by atoms with Crippen LogP contribution in [0.1, 0.15) is 23.7 Å². The molecule has 1 aliphatic heterocycles. The van der Waals surface area contributed by atoms with Crippen LogP contribution in [0.15, 0.2) is 53.0 Å². The lowest BCUT2D eigenvalue weighted by atomic mass is 10.0. The fraction of sp³-hybridized carbons (Fsp3) is 0.300. The molecule has 4 rings (SSSR count). The van der Waals surface area contributed by atoms with E-state index in [9.17, 15) is 0 Å². The number of rotatable bonds is 3. The molecule has 0 bridgehead atoms. The standard InChI is InChI=1S/C20H21BrN2/c1-14-11-20-18(13-22-14)17-12-16(21)7-8-19(17)23(20)10-9-15-5-3-2-4-6-15/h2-8,12,14,22H,9-11,13H2,1H3. The summed E-state index contributed by atoms with van der Waals surface area (Å²) < 4.78 is 3.70. The zero-order valence-corrected chi connectivity index (χ0v) is 14.9. The van der Waals surface area contributed by atoms with E-state index in [1.807, 2.05) is 0 Å². The van der Waals surface area contributed by atoms with Crippen LogP contribution >= 0.6 is 15.9 Å². The van der Waals surface area contributed by atoms with Crippen LogP contribution in [-0.2, 0) is 25.9 Å². The van der Waals surface area contributed by atoms with E-state index >= 15 is 0 Å². The first-order chi connectivity index (χ1) is 11.2. The number of aromatic nitrogens is 1.